The van der Waals surface area contributed by atoms with Crippen LogP contribution in [0.3, 0.4) is 0 Å². The topological polar surface area (TPSA) is 28.7 Å². The summed E-state index contributed by atoms with van der Waals surface area (Å²) >= 11 is 0. The molecular weight excluding hydrogens is 196 g/mol. The minimum atomic E-state index is 0.0917. The van der Waals surface area contributed by atoms with E-state index in [0.717, 1.165) is 11.3 Å². The number of H-pyrrole nitrogens is 1. The van der Waals surface area contributed by atoms with E-state index in [1.165, 1.54) is 16.5 Å². The number of aromatic nitrogens is 2. The van der Waals surface area contributed by atoms with Crippen LogP contribution in [0.5, 0.6) is 0 Å². The lowest BCUT2D eigenvalue weighted by Crippen LogP contribution is -2.14. The third kappa shape index (κ3) is 1.64. The SMILES string of the molecule is C=Cc1nc2[nH]cc(C)c2cc1C(C)(C)C. The first kappa shape index (κ1) is 10.9. The highest BCUT2D eigenvalue weighted by Gasteiger charge is 2.19. The van der Waals surface area contributed by atoms with Gasteiger partial charge in [-0.1, -0.05) is 27.4 Å². The Morgan fingerprint density at radius 3 is 2.62 bits per heavy atom. The number of aryl methyl sites for hydroxylation is 1. The molecule has 0 aliphatic carbocycles. The molecule has 0 fully saturated rings. The van der Waals surface area contributed by atoms with E-state index in [1.807, 2.05) is 12.3 Å². The Morgan fingerprint density at radius 1 is 1.38 bits per heavy atom. The Hall–Kier alpha value is -1.57. The minimum Gasteiger partial charge on any atom is -0.346 e. The summed E-state index contributed by atoms with van der Waals surface area (Å²) in [6.45, 7) is 12.5. The van der Waals surface area contributed by atoms with Gasteiger partial charge in [0.2, 0.25) is 0 Å². The molecule has 2 heteroatoms. The summed E-state index contributed by atoms with van der Waals surface area (Å²) in [5.74, 6) is 0. The number of fused-ring (bicyclic) bond motifs is 1. The van der Waals surface area contributed by atoms with Gasteiger partial charge in [-0.15, -0.1) is 0 Å². The van der Waals surface area contributed by atoms with Gasteiger partial charge in [-0.25, -0.2) is 4.98 Å². The molecule has 0 saturated heterocycles. The fraction of sp³-hybridized carbons (Fsp3) is 0.357. The Balaban J connectivity index is 2.80. The van der Waals surface area contributed by atoms with E-state index < -0.39 is 0 Å². The average molecular weight is 214 g/mol. The third-order valence-corrected chi connectivity index (χ3v) is 2.90. The van der Waals surface area contributed by atoms with E-state index in [1.54, 1.807) is 0 Å². The molecule has 0 radical (unpaired) electrons. The first-order valence-electron chi connectivity index (χ1n) is 5.55. The highest BCUT2D eigenvalue weighted by atomic mass is 14.9. The summed E-state index contributed by atoms with van der Waals surface area (Å²) in [7, 11) is 0. The summed E-state index contributed by atoms with van der Waals surface area (Å²) < 4.78 is 0. The van der Waals surface area contributed by atoms with Gasteiger partial charge in [0, 0.05) is 11.6 Å². The smallest absolute Gasteiger partial charge is 0.138 e. The lowest BCUT2D eigenvalue weighted by atomic mass is 9.85. The Labute approximate surface area is 96.4 Å². The van der Waals surface area contributed by atoms with Gasteiger partial charge >= 0.3 is 0 Å². The maximum atomic E-state index is 4.61. The van der Waals surface area contributed by atoms with Crippen LogP contribution in [0.25, 0.3) is 17.1 Å². The molecule has 2 aromatic rings. The summed E-state index contributed by atoms with van der Waals surface area (Å²) in [6, 6.07) is 2.23. The number of rotatable bonds is 1. The van der Waals surface area contributed by atoms with Crippen molar-refractivity contribution < 1.29 is 0 Å². The first-order valence-corrected chi connectivity index (χ1v) is 5.55. The molecule has 0 saturated carbocycles. The molecule has 0 bridgehead atoms. The molecule has 0 aromatic carbocycles. The van der Waals surface area contributed by atoms with Crippen molar-refractivity contribution in [1.29, 1.82) is 0 Å². The van der Waals surface area contributed by atoms with Crippen LogP contribution in [0.2, 0.25) is 0 Å². The van der Waals surface area contributed by atoms with Crippen LogP contribution in [-0.4, -0.2) is 9.97 Å². The number of hydrogen-bond acceptors (Lipinski definition) is 1. The molecule has 0 spiro atoms. The summed E-state index contributed by atoms with van der Waals surface area (Å²) in [4.78, 5) is 7.79. The predicted molar refractivity (Wildman–Crippen MR) is 69.6 cm³/mol. The van der Waals surface area contributed by atoms with Crippen LogP contribution < -0.4 is 0 Å². The molecule has 84 valence electrons. The Kier molecular flexibility index (Phi) is 2.38. The van der Waals surface area contributed by atoms with E-state index in [-0.39, 0.29) is 5.41 Å². The normalized spacial score (nSPS) is 12.0. The van der Waals surface area contributed by atoms with E-state index in [4.69, 9.17) is 0 Å². The number of aromatic amines is 1. The standard InChI is InChI=1S/C14H18N2/c1-6-12-11(14(3,4)5)7-10-9(2)8-15-13(10)16-12/h6-8H,1H2,2-5H3,(H,15,16). The fourth-order valence-electron chi connectivity index (χ4n) is 1.95. The molecule has 2 aromatic heterocycles. The van der Waals surface area contributed by atoms with Crippen LogP contribution in [0.15, 0.2) is 18.8 Å². The van der Waals surface area contributed by atoms with Gasteiger partial charge < -0.3 is 4.98 Å². The maximum absolute atomic E-state index is 4.61. The third-order valence-electron chi connectivity index (χ3n) is 2.90. The summed E-state index contributed by atoms with van der Waals surface area (Å²) in [5, 5.41) is 1.20. The lowest BCUT2D eigenvalue weighted by Gasteiger charge is -2.21. The molecule has 0 aliphatic rings. The molecule has 0 aliphatic heterocycles. The number of hydrogen-bond donors (Lipinski definition) is 1. The van der Waals surface area contributed by atoms with Crippen LogP contribution in [0.4, 0.5) is 0 Å². The van der Waals surface area contributed by atoms with Crippen molar-refractivity contribution in [3.8, 4) is 0 Å². The van der Waals surface area contributed by atoms with E-state index in [0.29, 0.717) is 0 Å². The second-order valence-corrected chi connectivity index (χ2v) is 5.24. The van der Waals surface area contributed by atoms with Crippen LogP contribution in [0.1, 0.15) is 37.6 Å². The molecule has 0 amide bonds. The van der Waals surface area contributed by atoms with Crippen molar-refractivity contribution >= 4 is 17.1 Å². The molecule has 2 rings (SSSR count). The summed E-state index contributed by atoms with van der Waals surface area (Å²) in [5.41, 5.74) is 4.50. The van der Waals surface area contributed by atoms with Crippen LogP contribution in [-0.2, 0) is 5.41 Å². The van der Waals surface area contributed by atoms with Crippen molar-refractivity contribution in [2.75, 3.05) is 0 Å². The maximum Gasteiger partial charge on any atom is 0.138 e. The second kappa shape index (κ2) is 3.48. The van der Waals surface area contributed by atoms with Crippen molar-refractivity contribution in [2.24, 2.45) is 0 Å². The largest absolute Gasteiger partial charge is 0.346 e. The highest BCUT2D eigenvalue weighted by molar-refractivity contribution is 5.82. The zero-order chi connectivity index (χ0) is 11.9. The van der Waals surface area contributed by atoms with Crippen molar-refractivity contribution in [2.45, 2.75) is 33.1 Å². The van der Waals surface area contributed by atoms with Crippen molar-refractivity contribution in [3.63, 3.8) is 0 Å². The first-order chi connectivity index (χ1) is 7.43. The highest BCUT2D eigenvalue weighted by Crippen LogP contribution is 2.29. The van der Waals surface area contributed by atoms with Gasteiger partial charge in [-0.2, -0.15) is 0 Å². The quantitative estimate of drug-likeness (QED) is 0.768. The van der Waals surface area contributed by atoms with Gasteiger partial charge in [-0.05, 0) is 35.6 Å². The average Bonchev–Trinajstić information content (AvgIpc) is 2.57. The number of pyridine rings is 1. The number of nitrogens with zero attached hydrogens (tertiary/aromatic N) is 1. The molecule has 1 N–H and O–H groups in total. The van der Waals surface area contributed by atoms with Gasteiger partial charge in [-0.3, -0.25) is 0 Å². The van der Waals surface area contributed by atoms with Gasteiger partial charge in [0.25, 0.3) is 0 Å². The lowest BCUT2D eigenvalue weighted by molar-refractivity contribution is 0.587. The monoisotopic (exact) mass is 214 g/mol. The minimum absolute atomic E-state index is 0.0917. The molecular formula is C14H18N2. The van der Waals surface area contributed by atoms with E-state index in [2.05, 4.69) is 50.3 Å². The Bertz CT molecular complexity index is 542. The molecule has 16 heavy (non-hydrogen) atoms. The molecule has 2 nitrogen and oxygen atoms in total. The van der Waals surface area contributed by atoms with E-state index >= 15 is 0 Å². The van der Waals surface area contributed by atoms with Crippen molar-refractivity contribution in [1.82, 2.24) is 9.97 Å². The van der Waals surface area contributed by atoms with Gasteiger partial charge in [0.1, 0.15) is 5.65 Å². The Morgan fingerprint density at radius 2 is 2.06 bits per heavy atom. The van der Waals surface area contributed by atoms with Gasteiger partial charge in [0.05, 0.1) is 5.69 Å². The second-order valence-electron chi connectivity index (χ2n) is 5.24. The van der Waals surface area contributed by atoms with Gasteiger partial charge in [0.15, 0.2) is 0 Å². The predicted octanol–water partition coefficient (Wildman–Crippen LogP) is 3.81. The zero-order valence-electron chi connectivity index (χ0n) is 10.4. The molecule has 0 atom stereocenters. The van der Waals surface area contributed by atoms with E-state index in [9.17, 15) is 0 Å². The molecule has 2 heterocycles. The summed E-state index contributed by atoms with van der Waals surface area (Å²) in [6.07, 6.45) is 3.83. The van der Waals surface area contributed by atoms with Crippen molar-refractivity contribution in [3.05, 3.63) is 35.7 Å². The fourth-order valence-corrected chi connectivity index (χ4v) is 1.95. The zero-order valence-corrected chi connectivity index (χ0v) is 10.4. The van der Waals surface area contributed by atoms with Crippen LogP contribution in [0, 0.1) is 6.92 Å². The molecule has 0 unspecified atom stereocenters. The van der Waals surface area contributed by atoms with Crippen LogP contribution >= 0.6 is 0 Å². The number of nitrogens with one attached hydrogen (secondary N) is 1.